The van der Waals surface area contributed by atoms with E-state index in [2.05, 4.69) is 4.74 Å². The minimum absolute atomic E-state index is 0.205. The van der Waals surface area contributed by atoms with Gasteiger partial charge in [-0.3, -0.25) is 9.59 Å². The Labute approximate surface area is 78.4 Å². The van der Waals surface area contributed by atoms with Crippen molar-refractivity contribution in [1.82, 2.24) is 0 Å². The van der Waals surface area contributed by atoms with Crippen LogP contribution in [0.2, 0.25) is 0 Å². The summed E-state index contributed by atoms with van der Waals surface area (Å²) in [5.41, 5.74) is 3.01. The summed E-state index contributed by atoms with van der Waals surface area (Å²) in [4.78, 5) is 31.9. The molecule has 78 valence electrons. The number of carboxylic acid groups (broad SMARTS) is 2. The summed E-state index contributed by atoms with van der Waals surface area (Å²) >= 11 is 0. The number of carbonyl (C=O) groups excluding carboxylic acids is 1. The molecule has 0 radical (unpaired) electrons. The van der Waals surface area contributed by atoms with Gasteiger partial charge in [0.1, 0.15) is 5.92 Å². The molecule has 1 rings (SSSR count). The lowest BCUT2D eigenvalue weighted by Crippen LogP contribution is -2.35. The Hall–Kier alpha value is -1.63. The van der Waals surface area contributed by atoms with Gasteiger partial charge in [-0.05, 0) is 0 Å². The van der Waals surface area contributed by atoms with Crippen molar-refractivity contribution in [2.45, 2.75) is 12.0 Å². The molecule has 0 aliphatic heterocycles. The van der Waals surface area contributed by atoms with Crippen molar-refractivity contribution in [3.8, 4) is 0 Å². The van der Waals surface area contributed by atoms with E-state index in [1.165, 1.54) is 0 Å². The Morgan fingerprint density at radius 2 is 2.00 bits per heavy atom. The van der Waals surface area contributed by atoms with Crippen LogP contribution in [-0.4, -0.2) is 40.3 Å². The van der Waals surface area contributed by atoms with Gasteiger partial charge >= 0.3 is 17.9 Å². The van der Waals surface area contributed by atoms with Gasteiger partial charge < -0.3 is 20.7 Å². The first-order chi connectivity index (χ1) is 6.44. The molecule has 0 aromatic heterocycles. The largest absolute Gasteiger partial charge is 0.481 e. The van der Waals surface area contributed by atoms with Gasteiger partial charge in [0.25, 0.3) is 0 Å². The van der Waals surface area contributed by atoms with Crippen LogP contribution in [0, 0.1) is 5.92 Å². The summed E-state index contributed by atoms with van der Waals surface area (Å²) in [6.45, 7) is -0.471. The number of nitrogens with two attached hydrogens (primary N) is 1. The van der Waals surface area contributed by atoms with Crippen molar-refractivity contribution in [2.75, 3.05) is 6.54 Å². The molecule has 1 aliphatic rings. The van der Waals surface area contributed by atoms with Gasteiger partial charge in [0.05, 0.1) is 6.54 Å². The average molecular weight is 203 g/mol. The number of aliphatic carboxylic acids is 2. The van der Waals surface area contributed by atoms with Crippen LogP contribution in [0.3, 0.4) is 0 Å². The molecule has 0 saturated heterocycles. The predicted octanol–water partition coefficient (Wildman–Crippen LogP) is -1.58. The zero-order valence-electron chi connectivity index (χ0n) is 7.10. The van der Waals surface area contributed by atoms with Gasteiger partial charge in [-0.15, -0.1) is 0 Å². The summed E-state index contributed by atoms with van der Waals surface area (Å²) in [5, 5.41) is 17.2. The van der Waals surface area contributed by atoms with Crippen LogP contribution in [0.4, 0.5) is 0 Å². The molecule has 7 nitrogen and oxygen atoms in total. The fourth-order valence-electron chi connectivity index (χ4n) is 1.17. The van der Waals surface area contributed by atoms with Gasteiger partial charge in [0.15, 0.2) is 0 Å². The molecule has 1 saturated carbocycles. The molecule has 1 aliphatic carbocycles. The van der Waals surface area contributed by atoms with Crippen LogP contribution in [0.25, 0.3) is 0 Å². The molecule has 14 heavy (non-hydrogen) atoms. The minimum Gasteiger partial charge on any atom is -0.481 e. The first kappa shape index (κ1) is 10.5. The third kappa shape index (κ3) is 1.53. The highest BCUT2D eigenvalue weighted by atomic mass is 16.6. The highest BCUT2D eigenvalue weighted by Crippen LogP contribution is 2.47. The number of hydrogen-bond donors (Lipinski definition) is 3. The number of hydrogen-bond acceptors (Lipinski definition) is 5. The number of carbonyl (C=O) groups is 3. The van der Waals surface area contributed by atoms with Gasteiger partial charge in [-0.1, -0.05) is 0 Å². The number of rotatable bonds is 4. The second-order valence-corrected chi connectivity index (χ2v) is 2.97. The molecule has 0 amide bonds. The molecule has 7 heteroatoms. The standard InChI is InChI=1S/C7H9NO6/c8-2-4(9)14-7(6(12)13)1-3(7)5(10)11/h3H,1-2,8H2,(H,10,11)(H,12,13)/t3-,7+/m0/s1. The lowest BCUT2D eigenvalue weighted by atomic mass is 10.2. The summed E-state index contributed by atoms with van der Waals surface area (Å²) in [7, 11) is 0. The van der Waals surface area contributed by atoms with E-state index in [4.69, 9.17) is 15.9 Å². The molecule has 0 unspecified atom stereocenters. The summed E-state index contributed by atoms with van der Waals surface area (Å²) < 4.78 is 4.49. The first-order valence-electron chi connectivity index (χ1n) is 3.82. The van der Waals surface area contributed by atoms with E-state index in [9.17, 15) is 14.4 Å². The quantitative estimate of drug-likeness (QED) is 0.470. The molecule has 0 spiro atoms. The monoisotopic (exact) mass is 203 g/mol. The van der Waals surface area contributed by atoms with E-state index in [1.807, 2.05) is 0 Å². The van der Waals surface area contributed by atoms with Crippen LogP contribution >= 0.6 is 0 Å². The summed E-state index contributed by atoms with van der Waals surface area (Å²) in [5.74, 6) is -4.84. The molecule has 0 aromatic carbocycles. The lowest BCUT2D eigenvalue weighted by molar-refractivity contribution is -0.169. The van der Waals surface area contributed by atoms with Crippen molar-refractivity contribution >= 4 is 17.9 Å². The normalized spacial score (nSPS) is 29.4. The van der Waals surface area contributed by atoms with Crippen LogP contribution in [-0.2, 0) is 19.1 Å². The average Bonchev–Trinajstić information content (AvgIpc) is 2.80. The molecule has 0 heterocycles. The fourth-order valence-corrected chi connectivity index (χ4v) is 1.17. The number of ether oxygens (including phenoxy) is 1. The molecule has 0 aromatic rings. The maximum absolute atomic E-state index is 10.7. The van der Waals surface area contributed by atoms with Crippen LogP contribution < -0.4 is 5.73 Å². The smallest absolute Gasteiger partial charge is 0.349 e. The van der Waals surface area contributed by atoms with Crippen LogP contribution in [0.5, 0.6) is 0 Å². The van der Waals surface area contributed by atoms with E-state index in [-0.39, 0.29) is 6.42 Å². The summed E-state index contributed by atoms with van der Waals surface area (Å²) in [6, 6.07) is 0. The molecule has 1 fully saturated rings. The molecule has 4 N–H and O–H groups in total. The molecular weight excluding hydrogens is 194 g/mol. The molecule has 2 atom stereocenters. The highest BCUT2D eigenvalue weighted by molar-refractivity contribution is 5.94. The minimum atomic E-state index is -1.90. The Kier molecular flexibility index (Phi) is 2.43. The zero-order valence-corrected chi connectivity index (χ0v) is 7.10. The fraction of sp³-hybridized carbons (Fsp3) is 0.571. The predicted molar refractivity (Wildman–Crippen MR) is 41.3 cm³/mol. The lowest BCUT2D eigenvalue weighted by Gasteiger charge is -2.11. The van der Waals surface area contributed by atoms with Crippen molar-refractivity contribution in [3.63, 3.8) is 0 Å². The van der Waals surface area contributed by atoms with Gasteiger partial charge in [0.2, 0.25) is 5.60 Å². The van der Waals surface area contributed by atoms with E-state index in [0.717, 1.165) is 0 Å². The third-order valence-corrected chi connectivity index (χ3v) is 2.03. The van der Waals surface area contributed by atoms with E-state index >= 15 is 0 Å². The Morgan fingerprint density at radius 3 is 2.29 bits per heavy atom. The third-order valence-electron chi connectivity index (χ3n) is 2.03. The summed E-state index contributed by atoms with van der Waals surface area (Å²) in [6.07, 6.45) is -0.205. The Balaban J connectivity index is 2.74. The second kappa shape index (κ2) is 3.26. The maximum atomic E-state index is 10.7. The van der Waals surface area contributed by atoms with Crippen molar-refractivity contribution in [3.05, 3.63) is 0 Å². The topological polar surface area (TPSA) is 127 Å². The SMILES string of the molecule is NCC(=O)O[C@]1(C(=O)O)C[C@H]1C(=O)O. The Morgan fingerprint density at radius 1 is 1.43 bits per heavy atom. The maximum Gasteiger partial charge on any atom is 0.349 e. The Bertz CT molecular complexity index is 301. The van der Waals surface area contributed by atoms with E-state index in [0.29, 0.717) is 0 Å². The second-order valence-electron chi connectivity index (χ2n) is 2.97. The van der Waals surface area contributed by atoms with Gasteiger partial charge in [0, 0.05) is 6.42 Å². The van der Waals surface area contributed by atoms with Gasteiger partial charge in [-0.25, -0.2) is 4.79 Å². The molecular formula is C7H9NO6. The van der Waals surface area contributed by atoms with Gasteiger partial charge in [-0.2, -0.15) is 0 Å². The zero-order chi connectivity index (χ0) is 10.9. The van der Waals surface area contributed by atoms with Crippen molar-refractivity contribution < 1.29 is 29.3 Å². The number of esters is 1. The van der Waals surface area contributed by atoms with Crippen LogP contribution in [0.15, 0.2) is 0 Å². The van der Waals surface area contributed by atoms with Crippen molar-refractivity contribution in [2.24, 2.45) is 11.7 Å². The highest BCUT2D eigenvalue weighted by Gasteiger charge is 2.68. The van der Waals surface area contributed by atoms with E-state index in [1.54, 1.807) is 0 Å². The van der Waals surface area contributed by atoms with E-state index < -0.39 is 36.0 Å². The van der Waals surface area contributed by atoms with Crippen LogP contribution in [0.1, 0.15) is 6.42 Å². The first-order valence-corrected chi connectivity index (χ1v) is 3.82. The number of carboxylic acids is 2. The van der Waals surface area contributed by atoms with Crippen molar-refractivity contribution in [1.29, 1.82) is 0 Å². The molecule has 0 bridgehead atoms.